The van der Waals surface area contributed by atoms with Crippen LogP contribution in [0.5, 0.6) is 5.75 Å². The molecule has 5 heteroatoms. The fourth-order valence-corrected chi connectivity index (χ4v) is 4.96. The molecule has 1 heterocycles. The van der Waals surface area contributed by atoms with E-state index in [2.05, 4.69) is 31.2 Å². The molecule has 0 amide bonds. The van der Waals surface area contributed by atoms with Gasteiger partial charge in [-0.05, 0) is 54.5 Å². The molecule has 2 N–H and O–H groups in total. The molecule has 0 aliphatic carbocycles. The van der Waals surface area contributed by atoms with Crippen molar-refractivity contribution in [2.45, 2.75) is 78.8 Å². The molecule has 0 bridgehead atoms. The maximum Gasteiger partial charge on any atom is 0.204 e. The number of hydrogen-bond donors (Lipinski definition) is 2. The van der Waals surface area contributed by atoms with Gasteiger partial charge in [-0.3, -0.25) is 14.8 Å². The van der Waals surface area contributed by atoms with E-state index in [1.165, 1.54) is 5.56 Å². The number of aromatic hydroxyl groups is 1. The van der Waals surface area contributed by atoms with Crippen molar-refractivity contribution in [3.63, 3.8) is 0 Å². The van der Waals surface area contributed by atoms with E-state index in [9.17, 15) is 9.90 Å². The van der Waals surface area contributed by atoms with Gasteiger partial charge in [0.15, 0.2) is 5.78 Å². The summed E-state index contributed by atoms with van der Waals surface area (Å²) < 4.78 is 3.79. The van der Waals surface area contributed by atoms with Gasteiger partial charge in [0.1, 0.15) is 5.75 Å². The lowest BCUT2D eigenvalue weighted by Gasteiger charge is -2.28. The monoisotopic (exact) mass is 497 g/mol. The highest BCUT2D eigenvalue weighted by Gasteiger charge is 2.30. The summed E-state index contributed by atoms with van der Waals surface area (Å²) in [6, 6.07) is 19.3. The van der Waals surface area contributed by atoms with Crippen LogP contribution in [0, 0.1) is 12.3 Å². The Morgan fingerprint density at radius 3 is 1.92 bits per heavy atom. The van der Waals surface area contributed by atoms with Gasteiger partial charge in [-0.25, -0.2) is 0 Å². The summed E-state index contributed by atoms with van der Waals surface area (Å²) in [7, 11) is 0. The summed E-state index contributed by atoms with van der Waals surface area (Å²) in [6.07, 6.45) is 0. The molecule has 0 radical (unpaired) electrons. The fourth-order valence-electron chi connectivity index (χ4n) is 4.96. The molecule has 3 aromatic carbocycles. The zero-order valence-electron chi connectivity index (χ0n) is 23.3. The van der Waals surface area contributed by atoms with Crippen molar-refractivity contribution in [1.29, 1.82) is 5.41 Å². The third kappa shape index (κ3) is 5.00. The minimum Gasteiger partial charge on any atom is -0.507 e. The zero-order valence-corrected chi connectivity index (χ0v) is 23.3. The highest BCUT2D eigenvalue weighted by atomic mass is 16.3. The number of hydrogen-bond acceptors (Lipinski definition) is 3. The number of nitrogens with zero attached hydrogens (tertiary/aromatic N) is 2. The van der Waals surface area contributed by atoms with Crippen LogP contribution in [0.3, 0.4) is 0 Å². The summed E-state index contributed by atoms with van der Waals surface area (Å²) in [5, 5.41) is 20.2. The third-order valence-corrected chi connectivity index (χ3v) is 7.15. The first-order valence-electron chi connectivity index (χ1n) is 12.9. The molecule has 1 unspecified atom stereocenters. The number of phenolic OH excluding ortho intramolecular Hbond substituents is 1. The van der Waals surface area contributed by atoms with Gasteiger partial charge in [0.05, 0.1) is 23.6 Å². The van der Waals surface area contributed by atoms with E-state index in [-0.39, 0.29) is 28.0 Å². The Balaban J connectivity index is 1.85. The first-order valence-corrected chi connectivity index (χ1v) is 12.9. The number of carbonyl (C=O) groups is 1. The molecule has 0 aliphatic heterocycles. The molecule has 1 atom stereocenters. The molecule has 0 spiro atoms. The van der Waals surface area contributed by atoms with E-state index in [0.717, 1.165) is 27.7 Å². The summed E-state index contributed by atoms with van der Waals surface area (Å²) >= 11 is 0. The number of nitrogens with one attached hydrogen (secondary N) is 1. The van der Waals surface area contributed by atoms with Gasteiger partial charge in [-0.2, -0.15) is 0 Å². The van der Waals surface area contributed by atoms with Crippen molar-refractivity contribution >= 4 is 16.8 Å². The molecule has 194 valence electrons. The van der Waals surface area contributed by atoms with Crippen molar-refractivity contribution in [2.24, 2.45) is 0 Å². The van der Waals surface area contributed by atoms with E-state index in [1.807, 2.05) is 94.0 Å². The van der Waals surface area contributed by atoms with Crippen LogP contribution in [0.4, 0.5) is 0 Å². The van der Waals surface area contributed by atoms with Crippen LogP contribution in [0.1, 0.15) is 87.1 Å². The maximum absolute atomic E-state index is 14.0. The van der Waals surface area contributed by atoms with Crippen molar-refractivity contribution < 1.29 is 9.90 Å². The Labute approximate surface area is 219 Å². The highest BCUT2D eigenvalue weighted by molar-refractivity contribution is 6.00. The van der Waals surface area contributed by atoms with Gasteiger partial charge in [0.2, 0.25) is 5.62 Å². The van der Waals surface area contributed by atoms with E-state index in [0.29, 0.717) is 12.1 Å². The van der Waals surface area contributed by atoms with Crippen LogP contribution in [0.2, 0.25) is 0 Å². The Kier molecular flexibility index (Phi) is 6.70. The molecule has 0 saturated carbocycles. The summed E-state index contributed by atoms with van der Waals surface area (Å²) in [5.41, 5.74) is 5.77. The average molecular weight is 498 g/mol. The number of ketones is 1. The van der Waals surface area contributed by atoms with Crippen LogP contribution in [-0.2, 0) is 17.4 Å². The Bertz CT molecular complexity index is 1490. The largest absolute Gasteiger partial charge is 0.507 e. The summed E-state index contributed by atoms with van der Waals surface area (Å²) in [5.74, 6) is 0.181. The van der Waals surface area contributed by atoms with Gasteiger partial charge >= 0.3 is 0 Å². The van der Waals surface area contributed by atoms with Crippen molar-refractivity contribution in [1.82, 2.24) is 9.13 Å². The van der Waals surface area contributed by atoms with Gasteiger partial charge in [0, 0.05) is 16.7 Å². The zero-order chi connectivity index (χ0) is 27.3. The van der Waals surface area contributed by atoms with E-state index >= 15 is 0 Å². The number of aromatic nitrogens is 2. The van der Waals surface area contributed by atoms with Gasteiger partial charge < -0.3 is 9.67 Å². The lowest BCUT2D eigenvalue weighted by atomic mass is 9.78. The lowest BCUT2D eigenvalue weighted by molar-refractivity contribution is 0.0933. The average Bonchev–Trinajstić information content (AvgIpc) is 3.09. The van der Waals surface area contributed by atoms with Crippen molar-refractivity contribution in [3.8, 4) is 5.75 Å². The van der Waals surface area contributed by atoms with Crippen molar-refractivity contribution in [3.05, 3.63) is 94.1 Å². The maximum atomic E-state index is 14.0. The number of fused-ring (bicyclic) bond motifs is 1. The van der Waals surface area contributed by atoms with Gasteiger partial charge in [-0.1, -0.05) is 83.5 Å². The highest BCUT2D eigenvalue weighted by Crippen LogP contribution is 2.40. The second kappa shape index (κ2) is 9.37. The molecule has 1 aromatic heterocycles. The van der Waals surface area contributed by atoms with Crippen molar-refractivity contribution in [2.75, 3.05) is 0 Å². The standard InChI is InChI=1S/C32H39N3O2/c1-20-13-15-22(16-14-20)19-34-26-11-9-10-12-27(26)35(30(34)33)21(2)28(36)23-17-24(31(3,4)5)29(37)25(18-23)32(6,7)8/h9-18,21,33,37H,19H2,1-8H3. The van der Waals surface area contributed by atoms with Gasteiger partial charge in [-0.15, -0.1) is 0 Å². The third-order valence-electron chi connectivity index (χ3n) is 7.15. The predicted octanol–water partition coefficient (Wildman–Crippen LogP) is 7.02. The van der Waals surface area contributed by atoms with E-state index in [1.54, 1.807) is 0 Å². The first-order chi connectivity index (χ1) is 17.2. The number of Topliss-reactive ketones (excluding diaryl/α,β-unsaturated/α-hetero) is 1. The molecule has 37 heavy (non-hydrogen) atoms. The fraction of sp³-hybridized carbons (Fsp3) is 0.375. The van der Waals surface area contributed by atoms with E-state index in [4.69, 9.17) is 5.41 Å². The number of para-hydroxylation sites is 2. The Morgan fingerprint density at radius 2 is 1.41 bits per heavy atom. The minimum atomic E-state index is -0.596. The second-order valence-electron chi connectivity index (χ2n) is 12.2. The molecular weight excluding hydrogens is 458 g/mol. The summed E-state index contributed by atoms with van der Waals surface area (Å²) in [4.78, 5) is 14.0. The smallest absolute Gasteiger partial charge is 0.204 e. The molecule has 4 rings (SSSR count). The molecule has 4 aromatic rings. The minimum absolute atomic E-state index is 0.0762. The quantitative estimate of drug-likeness (QED) is 0.291. The topological polar surface area (TPSA) is 71.0 Å². The molecule has 0 saturated heterocycles. The van der Waals surface area contributed by atoms with Crippen LogP contribution in [-0.4, -0.2) is 20.0 Å². The molecule has 0 fully saturated rings. The number of benzene rings is 3. The lowest BCUT2D eigenvalue weighted by Crippen LogP contribution is -2.31. The first kappa shape index (κ1) is 26.5. The Hall–Kier alpha value is -3.60. The van der Waals surface area contributed by atoms with Crippen LogP contribution < -0.4 is 5.62 Å². The summed E-state index contributed by atoms with van der Waals surface area (Å²) in [6.45, 7) is 16.7. The SMILES string of the molecule is Cc1ccc(Cn2c(=N)n(C(C)C(=O)c3cc(C(C)(C)C)c(O)c(C(C)(C)C)c3)c3ccccc32)cc1. The number of phenols is 1. The number of aryl methyl sites for hydroxylation is 1. The second-order valence-corrected chi connectivity index (χ2v) is 12.2. The number of carbonyl (C=O) groups excluding carboxylic acids is 1. The van der Waals surface area contributed by atoms with Crippen LogP contribution in [0.15, 0.2) is 60.7 Å². The van der Waals surface area contributed by atoms with Crippen LogP contribution >= 0.6 is 0 Å². The molecule has 0 aliphatic rings. The predicted molar refractivity (Wildman–Crippen MR) is 151 cm³/mol. The number of rotatable bonds is 5. The number of imidazole rings is 1. The normalized spacial score (nSPS) is 13.2. The molecule has 5 nitrogen and oxygen atoms in total. The Morgan fingerprint density at radius 1 is 0.892 bits per heavy atom. The molecular formula is C32H39N3O2. The van der Waals surface area contributed by atoms with Crippen LogP contribution in [0.25, 0.3) is 11.0 Å². The van der Waals surface area contributed by atoms with Gasteiger partial charge in [0.25, 0.3) is 0 Å². The van der Waals surface area contributed by atoms with E-state index < -0.39 is 6.04 Å².